The first-order valence-electron chi connectivity index (χ1n) is 7.74. The Morgan fingerprint density at radius 2 is 1.87 bits per heavy atom. The van der Waals surface area contributed by atoms with E-state index in [1.807, 2.05) is 6.92 Å². The Hall–Kier alpha value is -1.67. The Kier molecular flexibility index (Phi) is 4.42. The molecule has 0 spiro atoms. The van der Waals surface area contributed by atoms with Crippen LogP contribution in [0, 0.1) is 5.92 Å². The van der Waals surface area contributed by atoms with Gasteiger partial charge in [0.2, 0.25) is 5.91 Å². The van der Waals surface area contributed by atoms with E-state index in [9.17, 15) is 14.4 Å². The summed E-state index contributed by atoms with van der Waals surface area (Å²) in [4.78, 5) is 37.3. The Morgan fingerprint density at radius 1 is 1.26 bits per heavy atom. The first-order valence-corrected chi connectivity index (χ1v) is 10.6. The molecule has 2 heterocycles. The zero-order valence-electron chi connectivity index (χ0n) is 14.5. The molecule has 23 heavy (non-hydrogen) atoms. The van der Waals surface area contributed by atoms with Crippen LogP contribution in [0.1, 0.15) is 33.9 Å². The predicted molar refractivity (Wildman–Crippen MR) is 89.7 cm³/mol. The highest BCUT2D eigenvalue weighted by atomic mass is 28.4. The highest BCUT2D eigenvalue weighted by molar-refractivity contribution is 6.74. The van der Waals surface area contributed by atoms with Crippen molar-refractivity contribution in [2.45, 2.75) is 58.1 Å². The summed E-state index contributed by atoms with van der Waals surface area (Å²) < 4.78 is 7.61. The van der Waals surface area contributed by atoms with Gasteiger partial charge >= 0.3 is 5.69 Å². The van der Waals surface area contributed by atoms with Gasteiger partial charge in [-0.15, -0.1) is 0 Å². The molecule has 128 valence electrons. The molecule has 0 radical (unpaired) electrons. The average molecular weight is 339 g/mol. The third kappa shape index (κ3) is 3.32. The fraction of sp³-hybridized carbons (Fsp3) is 0.667. The van der Waals surface area contributed by atoms with Crippen LogP contribution in [0.3, 0.4) is 0 Å². The van der Waals surface area contributed by atoms with E-state index in [1.54, 1.807) is 0 Å². The van der Waals surface area contributed by atoms with Crippen LogP contribution >= 0.6 is 0 Å². The molecule has 3 atom stereocenters. The number of H-pyrrole nitrogens is 1. The van der Waals surface area contributed by atoms with Crippen molar-refractivity contribution in [1.29, 1.82) is 0 Å². The van der Waals surface area contributed by atoms with E-state index in [0.717, 1.165) is 0 Å². The minimum absolute atomic E-state index is 0.0335. The molecule has 2 rings (SSSR count). The summed E-state index contributed by atoms with van der Waals surface area (Å²) in [5, 5.41) is 2.75. The van der Waals surface area contributed by atoms with Gasteiger partial charge in [-0.3, -0.25) is 19.1 Å². The van der Waals surface area contributed by atoms with Crippen molar-refractivity contribution in [1.82, 2.24) is 14.9 Å². The zero-order chi connectivity index (χ0) is 17.6. The number of aromatic amines is 1. The van der Waals surface area contributed by atoms with Crippen LogP contribution < -0.4 is 16.6 Å². The average Bonchev–Trinajstić information content (AvgIpc) is 2.34. The molecule has 0 bridgehead atoms. The maximum Gasteiger partial charge on any atom is 0.330 e. The molecule has 1 aromatic heterocycles. The molecule has 7 nitrogen and oxygen atoms in total. The van der Waals surface area contributed by atoms with Crippen LogP contribution in [0.2, 0.25) is 18.1 Å². The second-order valence-corrected chi connectivity index (χ2v) is 12.3. The Morgan fingerprint density at radius 3 is 2.35 bits per heavy atom. The van der Waals surface area contributed by atoms with Gasteiger partial charge in [0.1, 0.15) is 12.1 Å². The van der Waals surface area contributed by atoms with Crippen LogP contribution in [0.4, 0.5) is 0 Å². The van der Waals surface area contributed by atoms with Crippen molar-refractivity contribution in [3.05, 3.63) is 33.1 Å². The first kappa shape index (κ1) is 17.7. The molecule has 1 saturated heterocycles. The van der Waals surface area contributed by atoms with Crippen molar-refractivity contribution in [2.24, 2.45) is 5.92 Å². The maximum absolute atomic E-state index is 12.0. The van der Waals surface area contributed by atoms with Crippen molar-refractivity contribution >= 4 is 14.2 Å². The van der Waals surface area contributed by atoms with E-state index in [-0.39, 0.29) is 17.0 Å². The molecule has 1 fully saturated rings. The fourth-order valence-corrected chi connectivity index (χ4v) is 3.88. The van der Waals surface area contributed by atoms with Gasteiger partial charge in [-0.2, -0.15) is 0 Å². The minimum atomic E-state index is -2.02. The highest BCUT2D eigenvalue weighted by Gasteiger charge is 2.48. The van der Waals surface area contributed by atoms with Crippen molar-refractivity contribution < 1.29 is 9.22 Å². The Balaban J connectivity index is 2.22. The number of aromatic nitrogens is 2. The lowest BCUT2D eigenvalue weighted by molar-refractivity contribution is -0.144. The van der Waals surface area contributed by atoms with Gasteiger partial charge in [-0.25, -0.2) is 4.79 Å². The number of nitrogens with one attached hydrogen (secondary N) is 2. The number of rotatable bonds is 4. The van der Waals surface area contributed by atoms with Crippen molar-refractivity contribution in [3.8, 4) is 0 Å². The molecule has 1 aliphatic rings. The zero-order valence-corrected chi connectivity index (χ0v) is 15.5. The quantitative estimate of drug-likeness (QED) is 0.636. The topological polar surface area (TPSA) is 93.2 Å². The number of hydrogen-bond donors (Lipinski definition) is 2. The molecule has 0 saturated carbocycles. The highest BCUT2D eigenvalue weighted by Crippen LogP contribution is 2.39. The molecule has 1 amide bonds. The van der Waals surface area contributed by atoms with Crippen LogP contribution in [0.15, 0.2) is 21.9 Å². The summed E-state index contributed by atoms with van der Waals surface area (Å²) >= 11 is 0. The molecule has 1 aromatic rings. The second-order valence-electron chi connectivity index (χ2n) is 7.58. The molecule has 0 unspecified atom stereocenters. The van der Waals surface area contributed by atoms with E-state index in [2.05, 4.69) is 44.2 Å². The summed E-state index contributed by atoms with van der Waals surface area (Å²) in [5.74, 6) is -0.591. The number of carbonyl (C=O) groups excluding carboxylic acids is 1. The summed E-state index contributed by atoms with van der Waals surface area (Å²) in [7, 11) is -2.02. The molecular formula is C15H25N3O4Si. The molecular weight excluding hydrogens is 314 g/mol. The number of β-lactam (4-membered cyclic amide) rings is 1. The van der Waals surface area contributed by atoms with Gasteiger partial charge in [0.05, 0.1) is 6.10 Å². The summed E-state index contributed by atoms with van der Waals surface area (Å²) in [6.45, 7) is 12.5. The SMILES string of the molecule is C[C@@H](O[Si](C)(C)C(C)(C)C)[C@H]1C(=O)N[C@@H]1n1ccc(=O)[nH]c1=O. The third-order valence-corrected chi connectivity index (χ3v) is 9.45. The predicted octanol–water partition coefficient (Wildman–Crippen LogP) is 1.19. The lowest BCUT2D eigenvalue weighted by Crippen LogP contribution is -2.62. The molecule has 0 aromatic carbocycles. The number of hydrogen-bond acceptors (Lipinski definition) is 4. The van der Waals surface area contributed by atoms with E-state index in [0.29, 0.717) is 0 Å². The first-order chi connectivity index (χ1) is 10.4. The van der Waals surface area contributed by atoms with Crippen LogP contribution in [-0.2, 0) is 9.22 Å². The van der Waals surface area contributed by atoms with E-state index in [1.165, 1.54) is 16.8 Å². The van der Waals surface area contributed by atoms with Crippen molar-refractivity contribution in [3.63, 3.8) is 0 Å². The normalized spacial score (nSPS) is 23.1. The molecule has 1 aliphatic heterocycles. The van der Waals surface area contributed by atoms with Gasteiger partial charge < -0.3 is 9.74 Å². The molecule has 8 heteroatoms. The van der Waals surface area contributed by atoms with Gasteiger partial charge in [0.15, 0.2) is 8.32 Å². The summed E-state index contributed by atoms with van der Waals surface area (Å²) in [6.07, 6.45) is 0.595. The third-order valence-electron chi connectivity index (χ3n) is 4.88. The minimum Gasteiger partial charge on any atom is -0.413 e. The largest absolute Gasteiger partial charge is 0.413 e. The lowest BCUT2D eigenvalue weighted by atomic mass is 9.91. The van der Waals surface area contributed by atoms with Crippen LogP contribution in [0.5, 0.6) is 0 Å². The van der Waals surface area contributed by atoms with Gasteiger partial charge in [0.25, 0.3) is 5.56 Å². The fourth-order valence-electron chi connectivity index (χ4n) is 2.45. The standard InChI is InChI=1S/C15H25N3O4Si/c1-9(22-23(5,6)15(2,3)4)11-12(17-13(11)20)18-8-7-10(19)16-14(18)21/h7-9,11-12H,1-6H3,(H,17,20)(H,16,19,21)/t9-,11-,12-/m1/s1. The van der Waals surface area contributed by atoms with Crippen LogP contribution in [-0.4, -0.2) is 29.9 Å². The number of carbonyl (C=O) groups is 1. The number of amides is 1. The Labute approximate surface area is 136 Å². The lowest BCUT2D eigenvalue weighted by Gasteiger charge is -2.45. The Bertz CT molecular complexity index is 716. The van der Waals surface area contributed by atoms with E-state index < -0.39 is 31.7 Å². The maximum atomic E-state index is 12.0. The van der Waals surface area contributed by atoms with Crippen molar-refractivity contribution in [2.75, 3.05) is 0 Å². The number of nitrogens with zero attached hydrogens (tertiary/aromatic N) is 1. The monoisotopic (exact) mass is 339 g/mol. The van der Waals surface area contributed by atoms with Gasteiger partial charge in [0, 0.05) is 12.3 Å². The molecule has 0 aliphatic carbocycles. The molecule has 2 N–H and O–H groups in total. The van der Waals surface area contributed by atoms with E-state index in [4.69, 9.17) is 4.43 Å². The van der Waals surface area contributed by atoms with Gasteiger partial charge in [-0.1, -0.05) is 20.8 Å². The summed E-state index contributed by atoms with van der Waals surface area (Å²) in [5.41, 5.74) is -0.994. The van der Waals surface area contributed by atoms with Crippen LogP contribution in [0.25, 0.3) is 0 Å². The smallest absolute Gasteiger partial charge is 0.330 e. The van der Waals surface area contributed by atoms with E-state index >= 15 is 0 Å². The van der Waals surface area contributed by atoms with Gasteiger partial charge in [-0.05, 0) is 25.1 Å². The summed E-state index contributed by atoms with van der Waals surface area (Å²) in [6, 6.07) is 1.27. The second kappa shape index (κ2) is 5.75.